The topological polar surface area (TPSA) is 33.7 Å². The minimum atomic E-state index is 0.280. The van der Waals surface area contributed by atoms with Crippen molar-refractivity contribution in [2.24, 2.45) is 0 Å². The molecular weight excluding hydrogens is 384 g/mol. The van der Waals surface area contributed by atoms with Crippen LogP contribution in [0, 0.1) is 0 Å². The summed E-state index contributed by atoms with van der Waals surface area (Å²) in [6, 6.07) is 28.3. The molecule has 0 aliphatic carbocycles. The minimum Gasteiger partial charge on any atom is -0.492 e. The number of morpholine rings is 1. The van der Waals surface area contributed by atoms with E-state index in [1.807, 2.05) is 0 Å². The lowest BCUT2D eigenvalue weighted by atomic mass is 9.80. The van der Waals surface area contributed by atoms with Crippen LogP contribution >= 0.6 is 0 Å². The van der Waals surface area contributed by atoms with Gasteiger partial charge in [0, 0.05) is 36.8 Å². The van der Waals surface area contributed by atoms with Crippen molar-refractivity contribution < 1.29 is 9.47 Å². The van der Waals surface area contributed by atoms with Gasteiger partial charge in [0.25, 0.3) is 0 Å². The summed E-state index contributed by atoms with van der Waals surface area (Å²) in [7, 11) is 0. The Hall–Kier alpha value is -2.82. The summed E-state index contributed by atoms with van der Waals surface area (Å²) in [5, 5.41) is 3.76. The highest BCUT2D eigenvalue weighted by Crippen LogP contribution is 2.45. The van der Waals surface area contributed by atoms with Crippen molar-refractivity contribution in [3.63, 3.8) is 0 Å². The molecule has 1 N–H and O–H groups in total. The Kier molecular flexibility index (Phi) is 6.19. The zero-order chi connectivity index (χ0) is 20.9. The van der Waals surface area contributed by atoms with E-state index in [1.165, 1.54) is 22.4 Å². The first-order chi connectivity index (χ1) is 15.4. The number of para-hydroxylation sites is 2. The number of anilines is 1. The van der Waals surface area contributed by atoms with Crippen molar-refractivity contribution in [1.82, 2.24) is 4.90 Å². The first kappa shape index (κ1) is 20.1. The van der Waals surface area contributed by atoms with Crippen LogP contribution in [0.15, 0.2) is 78.9 Å². The van der Waals surface area contributed by atoms with Gasteiger partial charge in [-0.1, -0.05) is 66.7 Å². The van der Waals surface area contributed by atoms with Gasteiger partial charge in [-0.05, 0) is 29.7 Å². The van der Waals surface area contributed by atoms with E-state index in [2.05, 4.69) is 89.1 Å². The Morgan fingerprint density at radius 1 is 0.839 bits per heavy atom. The van der Waals surface area contributed by atoms with Crippen LogP contribution in [-0.2, 0) is 4.74 Å². The molecule has 1 saturated heterocycles. The first-order valence-corrected chi connectivity index (χ1v) is 11.3. The lowest BCUT2D eigenvalue weighted by Gasteiger charge is -2.34. The molecule has 0 bridgehead atoms. The average Bonchev–Trinajstić information content (AvgIpc) is 2.85. The van der Waals surface area contributed by atoms with Gasteiger partial charge in [0.1, 0.15) is 12.4 Å². The molecule has 4 nitrogen and oxygen atoms in total. The molecule has 2 aliphatic rings. The number of benzene rings is 3. The molecule has 3 aromatic carbocycles. The third-order valence-corrected chi connectivity index (χ3v) is 6.40. The standard InChI is InChI=1S/C27H30N2O2/c1-2-8-21(9-3-1)26-20-24(22-10-4-6-12-25(22)28-26)23-11-5-7-13-27(23)31-19-16-29-14-17-30-18-15-29/h1-13,24,26,28H,14-20H2. The number of hydrogen-bond donors (Lipinski definition) is 1. The Bertz CT molecular complexity index is 985. The molecule has 1 fully saturated rings. The maximum atomic E-state index is 6.35. The van der Waals surface area contributed by atoms with Crippen molar-refractivity contribution in [3.8, 4) is 5.75 Å². The van der Waals surface area contributed by atoms with E-state index < -0.39 is 0 Å². The summed E-state index contributed by atoms with van der Waals surface area (Å²) in [6.07, 6.45) is 1.00. The summed E-state index contributed by atoms with van der Waals surface area (Å²) in [5.74, 6) is 1.30. The number of rotatable bonds is 6. The zero-order valence-electron chi connectivity index (χ0n) is 17.9. The molecule has 2 unspecified atom stereocenters. The summed E-state index contributed by atoms with van der Waals surface area (Å²) in [6.45, 7) is 5.27. The lowest BCUT2D eigenvalue weighted by molar-refractivity contribution is 0.0322. The van der Waals surface area contributed by atoms with E-state index in [0.29, 0.717) is 12.5 Å². The summed E-state index contributed by atoms with van der Waals surface area (Å²) < 4.78 is 11.8. The predicted octanol–water partition coefficient (Wildman–Crippen LogP) is 5.09. The van der Waals surface area contributed by atoms with E-state index >= 15 is 0 Å². The third kappa shape index (κ3) is 4.60. The fraction of sp³-hybridized carbons (Fsp3) is 0.333. The fourth-order valence-corrected chi connectivity index (χ4v) is 4.75. The van der Waals surface area contributed by atoms with Gasteiger partial charge in [0.05, 0.1) is 19.3 Å². The highest BCUT2D eigenvalue weighted by atomic mass is 16.5. The fourth-order valence-electron chi connectivity index (χ4n) is 4.75. The molecule has 0 amide bonds. The molecule has 0 saturated carbocycles. The van der Waals surface area contributed by atoms with Crippen LogP contribution in [0.2, 0.25) is 0 Å². The van der Waals surface area contributed by atoms with E-state index in [1.54, 1.807) is 0 Å². The van der Waals surface area contributed by atoms with E-state index in [0.717, 1.165) is 45.0 Å². The molecular formula is C27H30N2O2. The van der Waals surface area contributed by atoms with Crippen molar-refractivity contribution in [2.75, 3.05) is 44.8 Å². The second-order valence-corrected chi connectivity index (χ2v) is 8.32. The van der Waals surface area contributed by atoms with Gasteiger partial charge >= 0.3 is 0 Å². The van der Waals surface area contributed by atoms with Crippen molar-refractivity contribution in [3.05, 3.63) is 95.6 Å². The van der Waals surface area contributed by atoms with Gasteiger partial charge in [-0.25, -0.2) is 0 Å². The molecule has 31 heavy (non-hydrogen) atoms. The normalized spacial score (nSPS) is 21.2. The highest BCUT2D eigenvalue weighted by Gasteiger charge is 2.30. The number of ether oxygens (including phenoxy) is 2. The van der Waals surface area contributed by atoms with Gasteiger partial charge in [0.15, 0.2) is 0 Å². The second kappa shape index (κ2) is 9.54. The summed E-state index contributed by atoms with van der Waals surface area (Å²) in [4.78, 5) is 2.41. The van der Waals surface area contributed by atoms with Crippen LogP contribution in [0.1, 0.15) is 35.1 Å². The molecule has 2 heterocycles. The van der Waals surface area contributed by atoms with Crippen LogP contribution < -0.4 is 10.1 Å². The molecule has 0 spiro atoms. The Morgan fingerprint density at radius 2 is 1.55 bits per heavy atom. The Labute approximate surface area is 184 Å². The van der Waals surface area contributed by atoms with Crippen LogP contribution in [0.3, 0.4) is 0 Å². The van der Waals surface area contributed by atoms with Crippen LogP contribution in [0.4, 0.5) is 5.69 Å². The number of nitrogens with zero attached hydrogens (tertiary/aromatic N) is 1. The first-order valence-electron chi connectivity index (χ1n) is 11.3. The molecule has 2 atom stereocenters. The van der Waals surface area contributed by atoms with E-state index in [9.17, 15) is 0 Å². The van der Waals surface area contributed by atoms with E-state index in [-0.39, 0.29) is 6.04 Å². The lowest BCUT2D eigenvalue weighted by Crippen LogP contribution is -2.38. The number of fused-ring (bicyclic) bond motifs is 1. The number of hydrogen-bond acceptors (Lipinski definition) is 4. The van der Waals surface area contributed by atoms with Gasteiger partial charge < -0.3 is 14.8 Å². The van der Waals surface area contributed by atoms with Gasteiger partial charge in [0.2, 0.25) is 0 Å². The molecule has 0 aromatic heterocycles. The van der Waals surface area contributed by atoms with Crippen LogP contribution in [-0.4, -0.2) is 44.4 Å². The minimum absolute atomic E-state index is 0.280. The SMILES string of the molecule is c1ccc(C2CC(c3ccccc3OCCN3CCOCC3)c3ccccc3N2)cc1. The summed E-state index contributed by atoms with van der Waals surface area (Å²) in [5.41, 5.74) is 5.17. The molecule has 4 heteroatoms. The maximum Gasteiger partial charge on any atom is 0.123 e. The zero-order valence-corrected chi connectivity index (χ0v) is 17.9. The number of nitrogens with one attached hydrogen (secondary N) is 1. The van der Waals surface area contributed by atoms with Gasteiger partial charge in [-0.2, -0.15) is 0 Å². The monoisotopic (exact) mass is 414 g/mol. The second-order valence-electron chi connectivity index (χ2n) is 8.32. The molecule has 5 rings (SSSR count). The smallest absolute Gasteiger partial charge is 0.123 e. The Balaban J connectivity index is 1.39. The molecule has 2 aliphatic heterocycles. The average molecular weight is 415 g/mol. The third-order valence-electron chi connectivity index (χ3n) is 6.40. The highest BCUT2D eigenvalue weighted by molar-refractivity contribution is 5.60. The molecule has 0 radical (unpaired) electrons. The largest absolute Gasteiger partial charge is 0.492 e. The van der Waals surface area contributed by atoms with Crippen molar-refractivity contribution in [1.29, 1.82) is 0 Å². The van der Waals surface area contributed by atoms with Crippen molar-refractivity contribution in [2.45, 2.75) is 18.4 Å². The van der Waals surface area contributed by atoms with Crippen molar-refractivity contribution >= 4 is 5.69 Å². The van der Waals surface area contributed by atoms with Gasteiger partial charge in [-0.15, -0.1) is 0 Å². The quantitative estimate of drug-likeness (QED) is 0.609. The molecule has 160 valence electrons. The summed E-state index contributed by atoms with van der Waals surface area (Å²) >= 11 is 0. The Morgan fingerprint density at radius 3 is 2.39 bits per heavy atom. The predicted molar refractivity (Wildman–Crippen MR) is 125 cm³/mol. The van der Waals surface area contributed by atoms with Gasteiger partial charge in [-0.3, -0.25) is 4.90 Å². The van der Waals surface area contributed by atoms with E-state index in [4.69, 9.17) is 9.47 Å². The molecule has 3 aromatic rings. The van der Waals surface area contributed by atoms with Crippen LogP contribution in [0.5, 0.6) is 5.75 Å². The van der Waals surface area contributed by atoms with Crippen LogP contribution in [0.25, 0.3) is 0 Å². The maximum absolute atomic E-state index is 6.35.